The van der Waals surface area contributed by atoms with E-state index in [2.05, 4.69) is 42.8 Å². The normalized spacial score (nSPS) is 22.0. The first kappa shape index (κ1) is 16.7. The summed E-state index contributed by atoms with van der Waals surface area (Å²) in [6.07, 6.45) is 11.4. The molecule has 0 amide bonds. The zero-order valence-electron chi connectivity index (χ0n) is 12.2. The van der Waals surface area contributed by atoms with Gasteiger partial charge in [-0.05, 0) is 13.5 Å². The topological polar surface area (TPSA) is 12.0 Å². The number of hydrogen-bond donors (Lipinski definition) is 1. The second-order valence-corrected chi connectivity index (χ2v) is 7.79. The Morgan fingerprint density at radius 2 is 1.78 bits per heavy atom. The van der Waals surface area contributed by atoms with E-state index in [1.165, 1.54) is 68.6 Å². The number of hydrogen-bond acceptors (Lipinski definition) is 3. The van der Waals surface area contributed by atoms with Gasteiger partial charge in [-0.1, -0.05) is 51.9 Å². The van der Waals surface area contributed by atoms with Crippen LogP contribution >= 0.6 is 23.5 Å². The van der Waals surface area contributed by atoms with Gasteiger partial charge in [-0.25, -0.2) is 0 Å². The third kappa shape index (κ3) is 7.30. The van der Waals surface area contributed by atoms with Crippen molar-refractivity contribution in [1.82, 2.24) is 5.32 Å². The maximum Gasteiger partial charge on any atom is 0.0291 e. The Hall–Kier alpha value is 0.660. The van der Waals surface area contributed by atoms with Crippen LogP contribution in [0.15, 0.2) is 0 Å². The lowest BCUT2D eigenvalue weighted by molar-refractivity contribution is 0.479. The van der Waals surface area contributed by atoms with Crippen molar-refractivity contribution in [3.63, 3.8) is 0 Å². The Morgan fingerprint density at radius 1 is 1.06 bits per heavy atom. The van der Waals surface area contributed by atoms with Crippen LogP contribution in [0.1, 0.15) is 58.3 Å². The Kier molecular flexibility index (Phi) is 10.7. The van der Waals surface area contributed by atoms with Crippen molar-refractivity contribution in [1.29, 1.82) is 0 Å². The largest absolute Gasteiger partial charge is 0.316 e. The highest BCUT2D eigenvalue weighted by Crippen LogP contribution is 2.28. The highest BCUT2D eigenvalue weighted by Gasteiger charge is 2.22. The summed E-state index contributed by atoms with van der Waals surface area (Å²) >= 11 is 4.33. The molecule has 2 atom stereocenters. The van der Waals surface area contributed by atoms with E-state index in [0.29, 0.717) is 0 Å². The lowest BCUT2D eigenvalue weighted by atomic mass is 10.0. The van der Waals surface area contributed by atoms with Crippen LogP contribution < -0.4 is 5.32 Å². The number of unbranched alkanes of at least 4 members (excludes halogenated alkanes) is 6. The van der Waals surface area contributed by atoms with Gasteiger partial charge in [0.25, 0.3) is 0 Å². The molecule has 0 aromatic rings. The average molecular weight is 290 g/mol. The second kappa shape index (κ2) is 11.5. The van der Waals surface area contributed by atoms with Crippen LogP contribution in [0.5, 0.6) is 0 Å². The molecule has 1 N–H and O–H groups in total. The molecule has 1 saturated heterocycles. The first-order chi connectivity index (χ1) is 8.88. The van der Waals surface area contributed by atoms with Crippen molar-refractivity contribution >= 4 is 23.5 Å². The summed E-state index contributed by atoms with van der Waals surface area (Å²) in [5.41, 5.74) is 0. The fourth-order valence-corrected chi connectivity index (χ4v) is 5.54. The molecule has 0 radical (unpaired) electrons. The first-order valence-electron chi connectivity index (χ1n) is 7.75. The van der Waals surface area contributed by atoms with Crippen LogP contribution in [0.3, 0.4) is 0 Å². The SMILES string of the molecule is CCCCCCCCCC(NC)C1CSCCS1. The molecular formula is C15H31NS2. The maximum atomic E-state index is 3.55. The van der Waals surface area contributed by atoms with Crippen LogP contribution in [0.2, 0.25) is 0 Å². The lowest BCUT2D eigenvalue weighted by Crippen LogP contribution is -2.38. The van der Waals surface area contributed by atoms with Gasteiger partial charge in [0.1, 0.15) is 0 Å². The lowest BCUT2D eigenvalue weighted by Gasteiger charge is -2.29. The number of rotatable bonds is 10. The predicted molar refractivity (Wildman–Crippen MR) is 89.0 cm³/mol. The smallest absolute Gasteiger partial charge is 0.0291 e. The molecule has 0 bridgehead atoms. The Labute approximate surface area is 123 Å². The average Bonchev–Trinajstić information content (AvgIpc) is 2.43. The summed E-state index contributed by atoms with van der Waals surface area (Å²) in [5, 5.41) is 4.40. The number of thioether (sulfide) groups is 2. The van der Waals surface area contributed by atoms with Crippen LogP contribution in [0, 0.1) is 0 Å². The molecule has 108 valence electrons. The minimum Gasteiger partial charge on any atom is -0.316 e. The van der Waals surface area contributed by atoms with Crippen LogP contribution in [0.4, 0.5) is 0 Å². The van der Waals surface area contributed by atoms with Gasteiger partial charge in [0.2, 0.25) is 0 Å². The van der Waals surface area contributed by atoms with Gasteiger partial charge in [0, 0.05) is 28.6 Å². The van der Waals surface area contributed by atoms with Gasteiger partial charge >= 0.3 is 0 Å². The zero-order chi connectivity index (χ0) is 13.1. The van der Waals surface area contributed by atoms with Crippen molar-refractivity contribution in [2.24, 2.45) is 0 Å². The van der Waals surface area contributed by atoms with E-state index in [1.54, 1.807) is 0 Å². The third-order valence-electron chi connectivity index (χ3n) is 3.78. The maximum absolute atomic E-state index is 3.55. The molecule has 3 heteroatoms. The Bertz CT molecular complexity index is 181. The molecule has 1 aliphatic heterocycles. The van der Waals surface area contributed by atoms with Crippen LogP contribution in [0.25, 0.3) is 0 Å². The fourth-order valence-electron chi connectivity index (χ4n) is 2.58. The first-order valence-corrected chi connectivity index (χ1v) is 9.95. The van der Waals surface area contributed by atoms with Crippen molar-refractivity contribution < 1.29 is 0 Å². The molecule has 0 aromatic heterocycles. The predicted octanol–water partition coefficient (Wildman–Crippen LogP) is 4.56. The summed E-state index contributed by atoms with van der Waals surface area (Å²) in [6, 6.07) is 0.749. The van der Waals surface area contributed by atoms with E-state index in [1.807, 2.05) is 0 Å². The molecular weight excluding hydrogens is 258 g/mol. The standard InChI is InChI=1S/C15H31NS2/c1-3-4-5-6-7-8-9-10-14(16-2)15-13-17-11-12-18-15/h14-16H,3-13H2,1-2H3. The van der Waals surface area contributed by atoms with Crippen molar-refractivity contribution in [2.75, 3.05) is 24.3 Å². The van der Waals surface area contributed by atoms with E-state index in [0.717, 1.165) is 11.3 Å². The van der Waals surface area contributed by atoms with E-state index < -0.39 is 0 Å². The van der Waals surface area contributed by atoms with E-state index in [4.69, 9.17) is 0 Å². The molecule has 1 fully saturated rings. The minimum absolute atomic E-state index is 0.749. The number of nitrogens with one attached hydrogen (secondary N) is 1. The molecule has 0 spiro atoms. The van der Waals surface area contributed by atoms with Gasteiger partial charge in [-0.15, -0.1) is 0 Å². The summed E-state index contributed by atoms with van der Waals surface area (Å²) in [6.45, 7) is 2.29. The minimum atomic E-state index is 0.749. The molecule has 1 rings (SSSR count). The molecule has 1 heterocycles. The molecule has 0 aromatic carbocycles. The van der Waals surface area contributed by atoms with Crippen LogP contribution in [-0.4, -0.2) is 35.6 Å². The van der Waals surface area contributed by atoms with Gasteiger partial charge in [0.15, 0.2) is 0 Å². The third-order valence-corrected chi connectivity index (χ3v) is 6.70. The fraction of sp³-hybridized carbons (Fsp3) is 1.00. The van der Waals surface area contributed by atoms with Gasteiger partial charge in [-0.2, -0.15) is 23.5 Å². The molecule has 1 aliphatic rings. The quantitative estimate of drug-likeness (QED) is 0.592. The monoisotopic (exact) mass is 289 g/mol. The van der Waals surface area contributed by atoms with Crippen molar-refractivity contribution in [3.05, 3.63) is 0 Å². The van der Waals surface area contributed by atoms with Gasteiger partial charge in [0.05, 0.1) is 0 Å². The van der Waals surface area contributed by atoms with Gasteiger partial charge in [-0.3, -0.25) is 0 Å². The molecule has 2 unspecified atom stereocenters. The van der Waals surface area contributed by atoms with Crippen molar-refractivity contribution in [3.8, 4) is 0 Å². The molecule has 0 aliphatic carbocycles. The Balaban J connectivity index is 2.00. The van der Waals surface area contributed by atoms with E-state index in [-0.39, 0.29) is 0 Å². The summed E-state index contributed by atoms with van der Waals surface area (Å²) in [5.74, 6) is 4.06. The Morgan fingerprint density at radius 3 is 2.39 bits per heavy atom. The van der Waals surface area contributed by atoms with E-state index in [9.17, 15) is 0 Å². The summed E-state index contributed by atoms with van der Waals surface area (Å²) in [7, 11) is 2.14. The highest BCUT2D eigenvalue weighted by molar-refractivity contribution is 8.06. The molecule has 18 heavy (non-hydrogen) atoms. The zero-order valence-corrected chi connectivity index (χ0v) is 13.9. The van der Waals surface area contributed by atoms with Gasteiger partial charge < -0.3 is 5.32 Å². The van der Waals surface area contributed by atoms with E-state index >= 15 is 0 Å². The summed E-state index contributed by atoms with van der Waals surface area (Å²) < 4.78 is 0. The highest BCUT2D eigenvalue weighted by atomic mass is 32.2. The van der Waals surface area contributed by atoms with Crippen LogP contribution in [-0.2, 0) is 0 Å². The van der Waals surface area contributed by atoms with Crippen molar-refractivity contribution in [2.45, 2.75) is 69.6 Å². The molecule has 1 nitrogen and oxygen atoms in total. The summed E-state index contributed by atoms with van der Waals surface area (Å²) in [4.78, 5) is 0. The second-order valence-electron chi connectivity index (χ2n) is 5.29. The molecule has 0 saturated carbocycles.